The molecule has 0 radical (unpaired) electrons. The fourth-order valence-electron chi connectivity index (χ4n) is 1.74. The lowest BCUT2D eigenvalue weighted by Crippen LogP contribution is -2.50. The first kappa shape index (κ1) is 17.1. The highest BCUT2D eigenvalue weighted by Crippen LogP contribution is 2.05. The fourth-order valence-corrected chi connectivity index (χ4v) is 1.74. The van der Waals surface area contributed by atoms with E-state index in [0.29, 0.717) is 6.54 Å². The summed E-state index contributed by atoms with van der Waals surface area (Å²) in [6.07, 6.45) is 0. The van der Waals surface area contributed by atoms with Gasteiger partial charge in [0.2, 0.25) is 5.91 Å². The zero-order valence-electron chi connectivity index (χ0n) is 12.9. The van der Waals surface area contributed by atoms with Crippen molar-refractivity contribution in [3.63, 3.8) is 0 Å². The number of carbonyl (C=O) groups is 2. The number of carbonyl (C=O) groups excluding carboxylic acids is 2. The molecule has 0 unspecified atom stereocenters. The Labute approximate surface area is 124 Å². The Morgan fingerprint density at radius 2 is 1.76 bits per heavy atom. The second kappa shape index (κ2) is 7.17. The summed E-state index contributed by atoms with van der Waals surface area (Å²) < 4.78 is 12.8. The van der Waals surface area contributed by atoms with Gasteiger partial charge in [0.1, 0.15) is 5.82 Å². The van der Waals surface area contributed by atoms with Crippen molar-refractivity contribution < 1.29 is 14.0 Å². The Morgan fingerprint density at radius 3 is 2.29 bits per heavy atom. The van der Waals surface area contributed by atoms with Crippen LogP contribution in [-0.4, -0.2) is 36.0 Å². The Hall–Kier alpha value is -1.95. The van der Waals surface area contributed by atoms with Crippen LogP contribution in [0, 0.1) is 5.82 Å². The van der Waals surface area contributed by atoms with Crippen LogP contribution in [0.15, 0.2) is 24.3 Å². The van der Waals surface area contributed by atoms with Crippen LogP contribution < -0.4 is 10.6 Å². The molecule has 0 fully saturated rings. The van der Waals surface area contributed by atoms with Gasteiger partial charge in [-0.15, -0.1) is 0 Å². The molecule has 2 N–H and O–H groups in total. The fraction of sp³-hybridized carbons (Fsp3) is 0.467. The molecule has 5 nitrogen and oxygen atoms in total. The second-order valence-electron chi connectivity index (χ2n) is 6.05. The number of hydrogen-bond donors (Lipinski definition) is 2. The molecule has 0 aliphatic heterocycles. The highest BCUT2D eigenvalue weighted by atomic mass is 19.1. The number of imide groups is 1. The Balaban J connectivity index is 2.40. The van der Waals surface area contributed by atoms with E-state index in [9.17, 15) is 14.0 Å². The number of hydrogen-bond acceptors (Lipinski definition) is 3. The van der Waals surface area contributed by atoms with Crippen molar-refractivity contribution in [3.8, 4) is 0 Å². The number of nitrogens with one attached hydrogen (secondary N) is 2. The minimum atomic E-state index is -0.511. The third-order valence-electron chi connectivity index (χ3n) is 2.52. The molecule has 0 aliphatic carbocycles. The summed E-state index contributed by atoms with van der Waals surface area (Å²) >= 11 is 0. The van der Waals surface area contributed by atoms with Gasteiger partial charge in [-0.05, 0) is 45.5 Å². The first-order chi connectivity index (χ1) is 9.65. The number of urea groups is 1. The molecule has 0 saturated heterocycles. The number of amides is 3. The zero-order chi connectivity index (χ0) is 16.0. The lowest BCUT2D eigenvalue weighted by atomic mass is 10.1. The third-order valence-corrected chi connectivity index (χ3v) is 2.52. The van der Waals surface area contributed by atoms with Gasteiger partial charge in [0, 0.05) is 12.1 Å². The van der Waals surface area contributed by atoms with Gasteiger partial charge in [-0.3, -0.25) is 15.0 Å². The van der Waals surface area contributed by atoms with Gasteiger partial charge in [0.05, 0.1) is 6.54 Å². The SMILES string of the molecule is CN(CC(=O)NC(=O)NC(C)(C)C)Cc1ccc(F)cc1. The Morgan fingerprint density at radius 1 is 1.19 bits per heavy atom. The first-order valence-corrected chi connectivity index (χ1v) is 6.71. The molecular formula is C15H22FN3O2. The minimum Gasteiger partial charge on any atom is -0.333 e. The molecular weight excluding hydrogens is 273 g/mol. The molecule has 3 amide bonds. The maximum Gasteiger partial charge on any atom is 0.321 e. The van der Waals surface area contributed by atoms with Crippen molar-refractivity contribution in [2.75, 3.05) is 13.6 Å². The minimum absolute atomic E-state index is 0.0783. The van der Waals surface area contributed by atoms with Crippen LogP contribution in [0.3, 0.4) is 0 Å². The van der Waals surface area contributed by atoms with Crippen molar-refractivity contribution in [3.05, 3.63) is 35.6 Å². The van der Waals surface area contributed by atoms with Crippen LogP contribution in [0.4, 0.5) is 9.18 Å². The Kier molecular flexibility index (Phi) is 5.84. The summed E-state index contributed by atoms with van der Waals surface area (Å²) in [6.45, 7) is 6.07. The molecule has 0 spiro atoms. The maximum absolute atomic E-state index is 12.8. The number of likely N-dealkylation sites (N-methyl/N-ethyl adjacent to an activating group) is 1. The van der Waals surface area contributed by atoms with Gasteiger partial charge in [-0.1, -0.05) is 12.1 Å². The van der Waals surface area contributed by atoms with Crippen molar-refractivity contribution >= 4 is 11.9 Å². The van der Waals surface area contributed by atoms with Gasteiger partial charge in [-0.25, -0.2) is 9.18 Å². The van der Waals surface area contributed by atoms with Crippen LogP contribution in [-0.2, 0) is 11.3 Å². The van der Waals surface area contributed by atoms with Gasteiger partial charge in [-0.2, -0.15) is 0 Å². The lowest BCUT2D eigenvalue weighted by molar-refractivity contribution is -0.121. The van der Waals surface area contributed by atoms with E-state index in [0.717, 1.165) is 5.56 Å². The van der Waals surface area contributed by atoms with E-state index in [1.165, 1.54) is 12.1 Å². The van der Waals surface area contributed by atoms with E-state index in [2.05, 4.69) is 10.6 Å². The maximum atomic E-state index is 12.8. The topological polar surface area (TPSA) is 61.4 Å². The summed E-state index contributed by atoms with van der Waals surface area (Å²) in [5, 5.41) is 4.92. The van der Waals surface area contributed by atoms with Gasteiger partial charge >= 0.3 is 6.03 Å². The third kappa shape index (κ3) is 7.41. The largest absolute Gasteiger partial charge is 0.333 e. The van der Waals surface area contributed by atoms with Gasteiger partial charge in [0.15, 0.2) is 0 Å². The van der Waals surface area contributed by atoms with E-state index in [4.69, 9.17) is 0 Å². The molecule has 1 rings (SSSR count). The quantitative estimate of drug-likeness (QED) is 0.891. The van der Waals surface area contributed by atoms with Crippen molar-refractivity contribution in [1.82, 2.24) is 15.5 Å². The lowest BCUT2D eigenvalue weighted by Gasteiger charge is -2.21. The predicted molar refractivity (Wildman–Crippen MR) is 79.2 cm³/mol. The normalized spacial score (nSPS) is 11.3. The van der Waals surface area contributed by atoms with Crippen molar-refractivity contribution in [2.24, 2.45) is 0 Å². The van der Waals surface area contributed by atoms with Crippen molar-refractivity contribution in [1.29, 1.82) is 0 Å². The van der Waals surface area contributed by atoms with Crippen LogP contribution >= 0.6 is 0 Å². The summed E-state index contributed by atoms with van der Waals surface area (Å²) in [4.78, 5) is 25.0. The molecule has 0 heterocycles. The molecule has 0 saturated carbocycles. The van der Waals surface area contributed by atoms with E-state index in [1.807, 2.05) is 20.8 Å². The zero-order valence-corrected chi connectivity index (χ0v) is 12.9. The molecule has 6 heteroatoms. The van der Waals surface area contributed by atoms with Crippen molar-refractivity contribution in [2.45, 2.75) is 32.9 Å². The first-order valence-electron chi connectivity index (χ1n) is 6.71. The number of rotatable bonds is 4. The van der Waals surface area contributed by atoms with Crippen LogP contribution in [0.1, 0.15) is 26.3 Å². The monoisotopic (exact) mass is 295 g/mol. The van der Waals surface area contributed by atoms with Crippen LogP contribution in [0.2, 0.25) is 0 Å². The number of nitrogens with zero attached hydrogens (tertiary/aromatic N) is 1. The van der Waals surface area contributed by atoms with E-state index in [1.54, 1.807) is 24.1 Å². The molecule has 0 aliphatic rings. The molecule has 0 atom stereocenters. The smallest absolute Gasteiger partial charge is 0.321 e. The Bertz CT molecular complexity index is 495. The average molecular weight is 295 g/mol. The second-order valence-corrected chi connectivity index (χ2v) is 6.05. The predicted octanol–water partition coefficient (Wildman–Crippen LogP) is 1.88. The summed E-state index contributed by atoms with van der Waals surface area (Å²) in [5.74, 6) is -0.681. The molecule has 1 aromatic rings. The molecule has 0 aromatic heterocycles. The number of halogens is 1. The summed E-state index contributed by atoms with van der Waals surface area (Å²) in [7, 11) is 1.75. The van der Waals surface area contributed by atoms with Crippen LogP contribution in [0.25, 0.3) is 0 Å². The van der Waals surface area contributed by atoms with Gasteiger partial charge in [0.25, 0.3) is 0 Å². The van der Waals surface area contributed by atoms with E-state index >= 15 is 0 Å². The highest BCUT2D eigenvalue weighted by Gasteiger charge is 2.16. The molecule has 116 valence electrons. The van der Waals surface area contributed by atoms with E-state index < -0.39 is 11.6 Å². The summed E-state index contributed by atoms with van der Waals surface area (Å²) in [5.41, 5.74) is 0.496. The molecule has 21 heavy (non-hydrogen) atoms. The number of benzene rings is 1. The highest BCUT2D eigenvalue weighted by molar-refractivity contribution is 5.95. The van der Waals surface area contributed by atoms with Gasteiger partial charge < -0.3 is 5.32 Å². The standard InChI is InChI=1S/C15H22FN3O2/c1-15(2,3)18-14(21)17-13(20)10-19(4)9-11-5-7-12(16)8-6-11/h5-8H,9-10H2,1-4H3,(H2,17,18,20,21). The van der Waals surface area contributed by atoms with Crippen LogP contribution in [0.5, 0.6) is 0 Å². The molecule has 0 bridgehead atoms. The average Bonchev–Trinajstić information content (AvgIpc) is 2.28. The van der Waals surface area contributed by atoms with E-state index in [-0.39, 0.29) is 18.3 Å². The molecule has 1 aromatic carbocycles. The summed E-state index contributed by atoms with van der Waals surface area (Å²) in [6, 6.07) is 5.56.